The maximum Gasteiger partial charge on any atom is 0.331 e. The van der Waals surface area contributed by atoms with Gasteiger partial charge in [0.2, 0.25) is 0 Å². The third-order valence-electron chi connectivity index (χ3n) is 3.21. The molecule has 0 spiro atoms. The van der Waals surface area contributed by atoms with Gasteiger partial charge in [0.1, 0.15) is 6.04 Å². The molecule has 0 aromatic carbocycles. The van der Waals surface area contributed by atoms with Gasteiger partial charge in [-0.05, 0) is 26.3 Å². The summed E-state index contributed by atoms with van der Waals surface area (Å²) in [7, 11) is 1.28. The van der Waals surface area contributed by atoms with Crippen molar-refractivity contribution in [1.29, 1.82) is 0 Å². The molecule has 0 saturated heterocycles. The van der Waals surface area contributed by atoms with Crippen molar-refractivity contribution in [3.05, 3.63) is 0 Å². The Balaban J connectivity index is 4.87. The first-order chi connectivity index (χ1) is 9.67. The van der Waals surface area contributed by atoms with Gasteiger partial charge in [0, 0.05) is 12.8 Å². The van der Waals surface area contributed by atoms with Crippen LogP contribution >= 0.6 is 0 Å². The van der Waals surface area contributed by atoms with Crippen LogP contribution in [0.1, 0.15) is 32.1 Å². The molecule has 2 atom stereocenters. The van der Waals surface area contributed by atoms with Crippen LogP contribution in [0, 0.1) is 0 Å². The van der Waals surface area contributed by atoms with Gasteiger partial charge in [-0.15, -0.1) is 0 Å². The van der Waals surface area contributed by atoms with Crippen LogP contribution in [0.5, 0.6) is 0 Å². The smallest absolute Gasteiger partial charge is 0.331 e. The predicted octanol–water partition coefficient (Wildman–Crippen LogP) is -0.955. The molecule has 9 heteroatoms. The highest BCUT2D eigenvalue weighted by Crippen LogP contribution is 2.19. The molecule has 0 aromatic rings. The van der Waals surface area contributed by atoms with Gasteiger partial charge >= 0.3 is 17.9 Å². The van der Waals surface area contributed by atoms with Crippen molar-refractivity contribution in [2.45, 2.75) is 43.7 Å². The summed E-state index contributed by atoms with van der Waals surface area (Å²) in [5.41, 5.74) is 3.35. The van der Waals surface area contributed by atoms with E-state index >= 15 is 0 Å². The van der Waals surface area contributed by atoms with Crippen molar-refractivity contribution in [1.82, 2.24) is 5.32 Å². The summed E-state index contributed by atoms with van der Waals surface area (Å²) in [6.45, 7) is 0. The molecule has 0 aliphatic carbocycles. The summed E-state index contributed by atoms with van der Waals surface area (Å²) in [5, 5.41) is 28.9. The second kappa shape index (κ2) is 8.32. The number of hydrogen-bond acceptors (Lipinski definition) is 6. The number of nitrogens with two attached hydrogens (primary N) is 1. The number of rotatable bonds is 11. The van der Waals surface area contributed by atoms with E-state index < -0.39 is 35.3 Å². The minimum Gasteiger partial charge on any atom is -0.481 e. The number of hydrogen-bond donors (Lipinski definition) is 5. The first kappa shape index (κ1) is 19.0. The number of carboxylic acids is 3. The highest BCUT2D eigenvalue weighted by molar-refractivity contribution is 6.07. The molecule has 0 aliphatic heterocycles. The van der Waals surface area contributed by atoms with Crippen LogP contribution in [0.4, 0.5) is 0 Å². The van der Waals surface area contributed by atoms with Crippen LogP contribution in [0.25, 0.3) is 0 Å². The van der Waals surface area contributed by atoms with Crippen LogP contribution in [0.2, 0.25) is 0 Å². The third-order valence-corrected chi connectivity index (χ3v) is 3.21. The Morgan fingerprint density at radius 1 is 1.14 bits per heavy atom. The van der Waals surface area contributed by atoms with E-state index in [-0.39, 0.29) is 32.1 Å². The summed E-state index contributed by atoms with van der Waals surface area (Å²) >= 11 is 0. The Bertz CT molecular complexity index is 424. The zero-order chi connectivity index (χ0) is 16.6. The lowest BCUT2D eigenvalue weighted by Gasteiger charge is -2.27. The molecule has 0 aliphatic rings. The quantitative estimate of drug-likeness (QED) is 0.302. The molecule has 1 unspecified atom stereocenters. The van der Waals surface area contributed by atoms with Crippen LogP contribution in [0.3, 0.4) is 0 Å². The zero-order valence-electron chi connectivity index (χ0n) is 11.7. The lowest BCUT2D eigenvalue weighted by Crippen LogP contribution is -2.57. The number of carboxylic acid groups (broad SMARTS) is 3. The number of likely N-dealkylation sites (N-methyl/N-ethyl adjacent to an activating group) is 1. The first-order valence-corrected chi connectivity index (χ1v) is 6.33. The van der Waals surface area contributed by atoms with Gasteiger partial charge in [0.25, 0.3) is 0 Å². The van der Waals surface area contributed by atoms with E-state index in [2.05, 4.69) is 5.32 Å². The van der Waals surface area contributed by atoms with Gasteiger partial charge < -0.3 is 21.1 Å². The predicted molar refractivity (Wildman–Crippen MR) is 70.8 cm³/mol. The molecular formula is C12H20N2O7. The number of ketones is 1. The molecule has 21 heavy (non-hydrogen) atoms. The largest absolute Gasteiger partial charge is 0.481 e. The molecule has 0 saturated carbocycles. The van der Waals surface area contributed by atoms with Crippen molar-refractivity contribution in [2.24, 2.45) is 5.73 Å². The first-order valence-electron chi connectivity index (χ1n) is 6.33. The van der Waals surface area contributed by atoms with Crippen molar-refractivity contribution < 1.29 is 34.5 Å². The standard InChI is InChI=1S/C12H20N2O7/c1-14-12(11(20)21,6-2-3-9(16)17)8(15)5-4-7(13)10(18)19/h7,14H,2-6,13H2,1H3,(H,16,17)(H,18,19)(H,20,21)/t7-,12?/m0/s1. The van der Waals surface area contributed by atoms with Crippen molar-refractivity contribution >= 4 is 23.7 Å². The number of nitrogens with one attached hydrogen (secondary N) is 1. The zero-order valence-corrected chi connectivity index (χ0v) is 11.7. The molecule has 0 radical (unpaired) electrons. The molecule has 9 nitrogen and oxygen atoms in total. The van der Waals surface area contributed by atoms with Gasteiger partial charge in [-0.2, -0.15) is 0 Å². The number of Topliss-reactive ketones (excluding diaryl/α,β-unsaturated/α-hetero) is 1. The molecule has 0 aromatic heterocycles. The summed E-state index contributed by atoms with van der Waals surface area (Å²) in [5.74, 6) is -4.52. The second-order valence-corrected chi connectivity index (χ2v) is 4.61. The number of carbonyl (C=O) groups excluding carboxylic acids is 1. The summed E-state index contributed by atoms with van der Waals surface area (Å²) < 4.78 is 0. The van der Waals surface area contributed by atoms with E-state index in [4.69, 9.17) is 15.9 Å². The fourth-order valence-corrected chi connectivity index (χ4v) is 1.87. The average Bonchev–Trinajstić information content (AvgIpc) is 2.39. The van der Waals surface area contributed by atoms with Gasteiger partial charge in [0.05, 0.1) is 0 Å². The normalized spacial score (nSPS) is 15.0. The van der Waals surface area contributed by atoms with E-state index in [0.717, 1.165) is 0 Å². The molecule has 6 N–H and O–H groups in total. The monoisotopic (exact) mass is 304 g/mol. The van der Waals surface area contributed by atoms with Crippen LogP contribution in [-0.4, -0.2) is 57.6 Å². The Morgan fingerprint density at radius 3 is 2.10 bits per heavy atom. The number of aliphatic carboxylic acids is 3. The van der Waals surface area contributed by atoms with E-state index in [0.29, 0.717) is 0 Å². The maximum atomic E-state index is 12.1. The highest BCUT2D eigenvalue weighted by Gasteiger charge is 2.43. The molecule has 0 amide bonds. The fraction of sp³-hybridized carbons (Fsp3) is 0.667. The van der Waals surface area contributed by atoms with Gasteiger partial charge in [0.15, 0.2) is 11.3 Å². The van der Waals surface area contributed by atoms with Crippen LogP contribution in [-0.2, 0) is 19.2 Å². The Labute approximate surface area is 121 Å². The Morgan fingerprint density at radius 2 is 1.71 bits per heavy atom. The fourth-order valence-electron chi connectivity index (χ4n) is 1.87. The molecule has 0 bridgehead atoms. The van der Waals surface area contributed by atoms with Crippen LogP contribution < -0.4 is 11.1 Å². The Kier molecular flexibility index (Phi) is 7.53. The summed E-state index contributed by atoms with van der Waals surface area (Å²) in [6.07, 6.45) is -0.985. The topological polar surface area (TPSA) is 167 Å². The lowest BCUT2D eigenvalue weighted by molar-refractivity contribution is -0.151. The summed E-state index contributed by atoms with van der Waals surface area (Å²) in [4.78, 5) is 44.5. The maximum absolute atomic E-state index is 12.1. The molecule has 0 rings (SSSR count). The van der Waals surface area contributed by atoms with Gasteiger partial charge in [-0.25, -0.2) is 4.79 Å². The number of carbonyl (C=O) groups is 4. The minimum atomic E-state index is -1.92. The second-order valence-electron chi connectivity index (χ2n) is 4.61. The summed E-state index contributed by atoms with van der Waals surface area (Å²) in [6, 6.07) is -1.25. The van der Waals surface area contributed by atoms with Crippen molar-refractivity contribution in [2.75, 3.05) is 7.05 Å². The van der Waals surface area contributed by atoms with E-state index in [1.165, 1.54) is 7.05 Å². The Hall–Kier alpha value is -2.00. The van der Waals surface area contributed by atoms with E-state index in [1.54, 1.807) is 0 Å². The third kappa shape index (κ3) is 5.48. The van der Waals surface area contributed by atoms with Gasteiger partial charge in [-0.3, -0.25) is 19.7 Å². The average molecular weight is 304 g/mol. The van der Waals surface area contributed by atoms with Crippen LogP contribution in [0.15, 0.2) is 0 Å². The van der Waals surface area contributed by atoms with Gasteiger partial charge in [-0.1, -0.05) is 0 Å². The SMILES string of the molecule is CNC(CCCC(=O)O)(C(=O)O)C(=O)CC[C@H](N)C(=O)O. The van der Waals surface area contributed by atoms with Crippen molar-refractivity contribution in [3.63, 3.8) is 0 Å². The van der Waals surface area contributed by atoms with E-state index in [9.17, 15) is 24.3 Å². The van der Waals surface area contributed by atoms with E-state index in [1.807, 2.05) is 0 Å². The molecule has 120 valence electrons. The lowest BCUT2D eigenvalue weighted by atomic mass is 9.85. The molecular weight excluding hydrogens is 284 g/mol. The van der Waals surface area contributed by atoms with Crippen molar-refractivity contribution in [3.8, 4) is 0 Å². The highest BCUT2D eigenvalue weighted by atomic mass is 16.4. The molecule has 0 heterocycles. The minimum absolute atomic E-state index is 0.000796. The molecule has 0 fully saturated rings.